The molecule has 0 aliphatic heterocycles. The van der Waals surface area contributed by atoms with Crippen LogP contribution in [0.4, 0.5) is 4.39 Å². The number of H-pyrrole nitrogens is 2. The third kappa shape index (κ3) is 1.23. The predicted octanol–water partition coefficient (Wildman–Crippen LogP) is 3.01. The van der Waals surface area contributed by atoms with Crippen LogP contribution >= 0.6 is 0 Å². The summed E-state index contributed by atoms with van der Waals surface area (Å²) < 4.78 is 12.9. The van der Waals surface area contributed by atoms with Gasteiger partial charge in [0.05, 0.1) is 0 Å². The van der Waals surface area contributed by atoms with Crippen LogP contribution in [0.1, 0.15) is 5.56 Å². The second-order valence-electron chi connectivity index (χ2n) is 3.77. The van der Waals surface area contributed by atoms with Gasteiger partial charge in [-0.15, -0.1) is 0 Å². The van der Waals surface area contributed by atoms with Crippen LogP contribution in [0.5, 0.6) is 0 Å². The average Bonchev–Trinajstić information content (AvgIpc) is 2.84. The highest BCUT2D eigenvalue weighted by Gasteiger charge is 2.10. The van der Waals surface area contributed by atoms with Crippen molar-refractivity contribution in [1.29, 1.82) is 0 Å². The topological polar surface area (TPSA) is 44.5 Å². The van der Waals surface area contributed by atoms with Crippen LogP contribution in [0.25, 0.3) is 22.3 Å². The molecule has 3 aromatic heterocycles. The van der Waals surface area contributed by atoms with Crippen molar-refractivity contribution in [1.82, 2.24) is 15.0 Å². The molecular formula is C12H10FN3. The number of fused-ring (bicyclic) bond motifs is 1. The van der Waals surface area contributed by atoms with Crippen LogP contribution in [0.3, 0.4) is 0 Å². The third-order valence-corrected chi connectivity index (χ3v) is 2.72. The first-order valence-electron chi connectivity index (χ1n) is 5.03. The fourth-order valence-corrected chi connectivity index (χ4v) is 1.96. The minimum absolute atomic E-state index is 0.328. The van der Waals surface area contributed by atoms with Gasteiger partial charge >= 0.3 is 0 Å². The Balaban J connectivity index is 2.32. The van der Waals surface area contributed by atoms with Gasteiger partial charge in [0.15, 0.2) is 5.95 Å². The lowest BCUT2D eigenvalue weighted by atomic mass is 10.1. The number of aryl methyl sites for hydroxylation is 1. The minimum Gasteiger partial charge on any atom is -0.345 e. The molecule has 0 atom stereocenters. The van der Waals surface area contributed by atoms with Crippen molar-refractivity contribution >= 4 is 11.0 Å². The van der Waals surface area contributed by atoms with Crippen molar-refractivity contribution in [2.75, 3.05) is 0 Å². The van der Waals surface area contributed by atoms with Gasteiger partial charge in [0.25, 0.3) is 0 Å². The Morgan fingerprint density at radius 2 is 2.12 bits per heavy atom. The first-order valence-corrected chi connectivity index (χ1v) is 5.03. The number of pyridine rings is 1. The van der Waals surface area contributed by atoms with Crippen LogP contribution < -0.4 is 0 Å². The Kier molecular flexibility index (Phi) is 1.83. The zero-order chi connectivity index (χ0) is 11.1. The molecule has 3 rings (SSSR count). The number of nitrogens with one attached hydrogen (secondary N) is 2. The van der Waals surface area contributed by atoms with Gasteiger partial charge in [0.2, 0.25) is 0 Å². The summed E-state index contributed by atoms with van der Waals surface area (Å²) in [4.78, 5) is 10.00. The standard InChI is InChI=1S/C12H10FN3/c1-7-4-5-14-12-11(7)8(6-15-12)9-2-3-10(13)16-9/h2-6,16H,1H3,(H,14,15). The van der Waals surface area contributed by atoms with E-state index in [0.717, 1.165) is 27.9 Å². The number of nitrogens with zero attached hydrogens (tertiary/aromatic N) is 1. The van der Waals surface area contributed by atoms with E-state index >= 15 is 0 Å². The lowest BCUT2D eigenvalue weighted by Gasteiger charge is -1.98. The van der Waals surface area contributed by atoms with Gasteiger partial charge in [0.1, 0.15) is 5.65 Å². The largest absolute Gasteiger partial charge is 0.345 e. The molecule has 0 saturated heterocycles. The van der Waals surface area contributed by atoms with Gasteiger partial charge in [-0.25, -0.2) is 4.98 Å². The van der Waals surface area contributed by atoms with E-state index in [1.165, 1.54) is 6.07 Å². The summed E-state index contributed by atoms with van der Waals surface area (Å²) in [5, 5.41) is 1.03. The molecule has 0 radical (unpaired) electrons. The van der Waals surface area contributed by atoms with Crippen LogP contribution in [0.15, 0.2) is 30.6 Å². The average molecular weight is 215 g/mol. The van der Waals surface area contributed by atoms with Crippen molar-refractivity contribution in [3.63, 3.8) is 0 Å². The van der Waals surface area contributed by atoms with Gasteiger partial charge in [0, 0.05) is 29.0 Å². The predicted molar refractivity (Wildman–Crippen MR) is 60.6 cm³/mol. The molecule has 0 spiro atoms. The van der Waals surface area contributed by atoms with Crippen LogP contribution in [0, 0.1) is 12.9 Å². The Morgan fingerprint density at radius 3 is 2.88 bits per heavy atom. The van der Waals surface area contributed by atoms with E-state index < -0.39 is 0 Å². The van der Waals surface area contributed by atoms with E-state index in [2.05, 4.69) is 15.0 Å². The van der Waals surface area contributed by atoms with Crippen molar-refractivity contribution in [3.05, 3.63) is 42.1 Å². The van der Waals surface area contributed by atoms with Gasteiger partial charge in [-0.1, -0.05) is 0 Å². The molecule has 0 aromatic carbocycles. The molecule has 3 nitrogen and oxygen atoms in total. The lowest BCUT2D eigenvalue weighted by Crippen LogP contribution is -1.81. The molecule has 4 heteroatoms. The molecule has 0 fully saturated rings. The third-order valence-electron chi connectivity index (χ3n) is 2.72. The number of aromatic nitrogens is 3. The highest BCUT2D eigenvalue weighted by molar-refractivity contribution is 5.94. The molecule has 80 valence electrons. The second kappa shape index (κ2) is 3.20. The molecule has 16 heavy (non-hydrogen) atoms. The maximum Gasteiger partial charge on any atom is 0.191 e. The number of hydrogen-bond acceptors (Lipinski definition) is 1. The van der Waals surface area contributed by atoms with Gasteiger partial charge < -0.3 is 9.97 Å². The molecule has 0 unspecified atom stereocenters. The zero-order valence-corrected chi connectivity index (χ0v) is 8.71. The molecule has 0 aliphatic rings. The summed E-state index contributed by atoms with van der Waals surface area (Å²) in [7, 11) is 0. The van der Waals surface area contributed by atoms with E-state index in [9.17, 15) is 4.39 Å². The Bertz CT molecular complexity index is 651. The number of aromatic amines is 2. The van der Waals surface area contributed by atoms with Crippen LogP contribution in [-0.4, -0.2) is 15.0 Å². The molecule has 2 N–H and O–H groups in total. The Hall–Kier alpha value is -2.10. The van der Waals surface area contributed by atoms with Crippen molar-refractivity contribution in [3.8, 4) is 11.3 Å². The number of halogens is 1. The highest BCUT2D eigenvalue weighted by atomic mass is 19.1. The SMILES string of the molecule is Cc1ccnc2[nH]cc(-c3ccc(F)[nH]3)c12. The maximum atomic E-state index is 12.9. The van der Waals surface area contributed by atoms with Crippen molar-refractivity contribution < 1.29 is 4.39 Å². The van der Waals surface area contributed by atoms with E-state index in [0.29, 0.717) is 0 Å². The summed E-state index contributed by atoms with van der Waals surface area (Å²) in [6.07, 6.45) is 3.60. The van der Waals surface area contributed by atoms with Crippen LogP contribution in [-0.2, 0) is 0 Å². The quantitative estimate of drug-likeness (QED) is 0.644. The highest BCUT2D eigenvalue weighted by Crippen LogP contribution is 2.28. The first kappa shape index (κ1) is 9.15. The summed E-state index contributed by atoms with van der Waals surface area (Å²) in [5.41, 5.74) is 3.66. The fourth-order valence-electron chi connectivity index (χ4n) is 1.96. The Morgan fingerprint density at radius 1 is 1.25 bits per heavy atom. The molecule has 3 aromatic rings. The summed E-state index contributed by atoms with van der Waals surface area (Å²) in [6.45, 7) is 2.01. The van der Waals surface area contributed by atoms with E-state index in [1.54, 1.807) is 12.3 Å². The second-order valence-corrected chi connectivity index (χ2v) is 3.77. The maximum absolute atomic E-state index is 12.9. The molecule has 3 heterocycles. The zero-order valence-electron chi connectivity index (χ0n) is 8.71. The molecular weight excluding hydrogens is 205 g/mol. The number of hydrogen-bond donors (Lipinski definition) is 2. The number of rotatable bonds is 1. The molecule has 0 aliphatic carbocycles. The molecule has 0 amide bonds. The van der Waals surface area contributed by atoms with E-state index in [-0.39, 0.29) is 5.95 Å². The summed E-state index contributed by atoms with van der Waals surface area (Å²) in [6, 6.07) is 5.09. The summed E-state index contributed by atoms with van der Waals surface area (Å²) >= 11 is 0. The van der Waals surface area contributed by atoms with Gasteiger partial charge in [-0.05, 0) is 30.7 Å². The van der Waals surface area contributed by atoms with Crippen molar-refractivity contribution in [2.45, 2.75) is 6.92 Å². The fraction of sp³-hybridized carbons (Fsp3) is 0.0833. The normalized spacial score (nSPS) is 11.1. The Labute approximate surface area is 91.3 Å². The molecule has 0 bridgehead atoms. The molecule has 0 saturated carbocycles. The van der Waals surface area contributed by atoms with Gasteiger partial charge in [-0.3, -0.25) is 0 Å². The van der Waals surface area contributed by atoms with E-state index in [1.807, 2.05) is 19.2 Å². The van der Waals surface area contributed by atoms with E-state index in [4.69, 9.17) is 0 Å². The van der Waals surface area contributed by atoms with Crippen LogP contribution in [0.2, 0.25) is 0 Å². The minimum atomic E-state index is -0.328. The monoisotopic (exact) mass is 215 g/mol. The smallest absolute Gasteiger partial charge is 0.191 e. The van der Waals surface area contributed by atoms with Crippen molar-refractivity contribution in [2.24, 2.45) is 0 Å². The first-order chi connectivity index (χ1) is 7.75. The lowest BCUT2D eigenvalue weighted by molar-refractivity contribution is 0.592. The summed E-state index contributed by atoms with van der Waals surface area (Å²) in [5.74, 6) is -0.328. The van der Waals surface area contributed by atoms with Gasteiger partial charge in [-0.2, -0.15) is 4.39 Å².